The lowest BCUT2D eigenvalue weighted by Crippen LogP contribution is -2.36. The van der Waals surface area contributed by atoms with Gasteiger partial charge < -0.3 is 15.0 Å². The predicted octanol–water partition coefficient (Wildman–Crippen LogP) is 2.09. The Morgan fingerprint density at radius 1 is 1.20 bits per heavy atom. The van der Waals surface area contributed by atoms with Gasteiger partial charge in [-0.2, -0.15) is 28.1 Å². The van der Waals surface area contributed by atoms with E-state index in [-0.39, 0.29) is 24.5 Å². The maximum atomic E-state index is 12.6. The number of anilines is 2. The van der Waals surface area contributed by atoms with Gasteiger partial charge in [0.2, 0.25) is 11.9 Å². The van der Waals surface area contributed by atoms with E-state index in [0.717, 1.165) is 4.90 Å². The largest absolute Gasteiger partial charge is 0.467 e. The number of alkyl halides is 3. The molecule has 1 N–H and O–H groups in total. The average molecular weight is 293 g/mol. The summed E-state index contributed by atoms with van der Waals surface area (Å²) in [5, 5.41) is 2.83. The van der Waals surface area contributed by atoms with E-state index in [1.54, 1.807) is 6.92 Å². The van der Waals surface area contributed by atoms with E-state index in [0.29, 0.717) is 13.0 Å². The smallest absolute Gasteiger partial charge is 0.406 e. The first-order chi connectivity index (χ1) is 9.39. The summed E-state index contributed by atoms with van der Waals surface area (Å²) in [4.78, 5) is 12.8. The number of nitrogens with one attached hydrogen (secondary N) is 1. The quantitative estimate of drug-likeness (QED) is 0.830. The van der Waals surface area contributed by atoms with E-state index in [9.17, 15) is 13.2 Å². The average Bonchev–Trinajstić information content (AvgIpc) is 2.36. The lowest BCUT2D eigenvalue weighted by molar-refractivity contribution is -0.119. The number of hydrogen-bond donors (Lipinski definition) is 1. The molecule has 1 rings (SSSR count). The molecule has 0 aliphatic rings. The van der Waals surface area contributed by atoms with Gasteiger partial charge in [0.25, 0.3) is 0 Å². The van der Waals surface area contributed by atoms with Crippen molar-refractivity contribution in [1.82, 2.24) is 15.0 Å². The van der Waals surface area contributed by atoms with Gasteiger partial charge in [-0.25, -0.2) is 0 Å². The number of nitrogens with zero attached hydrogens (tertiary/aromatic N) is 4. The Kier molecular flexibility index (Phi) is 5.78. The Labute approximate surface area is 115 Å². The Balaban J connectivity index is 3.07. The Morgan fingerprint density at radius 2 is 1.90 bits per heavy atom. The van der Waals surface area contributed by atoms with Crippen molar-refractivity contribution in [2.24, 2.45) is 0 Å². The van der Waals surface area contributed by atoms with Gasteiger partial charge in [-0.1, -0.05) is 6.92 Å². The molecule has 0 unspecified atom stereocenters. The number of ether oxygens (including phenoxy) is 1. The fourth-order valence-electron chi connectivity index (χ4n) is 1.55. The highest BCUT2D eigenvalue weighted by Gasteiger charge is 2.32. The van der Waals surface area contributed by atoms with E-state index in [2.05, 4.69) is 20.3 Å². The Morgan fingerprint density at radius 3 is 2.40 bits per heavy atom. The van der Waals surface area contributed by atoms with E-state index >= 15 is 0 Å². The zero-order chi connectivity index (χ0) is 15.2. The molecule has 0 radical (unpaired) electrons. The third-order valence-electron chi connectivity index (χ3n) is 2.27. The van der Waals surface area contributed by atoms with Crippen molar-refractivity contribution in [2.75, 3.05) is 37.0 Å². The summed E-state index contributed by atoms with van der Waals surface area (Å²) < 4.78 is 42.6. The molecule has 1 heterocycles. The van der Waals surface area contributed by atoms with Crippen LogP contribution in [0.5, 0.6) is 6.01 Å². The molecule has 0 aliphatic carbocycles. The van der Waals surface area contributed by atoms with Crippen molar-refractivity contribution < 1.29 is 17.9 Å². The molecule has 0 aromatic carbocycles. The molecule has 0 atom stereocenters. The van der Waals surface area contributed by atoms with E-state index in [4.69, 9.17) is 4.74 Å². The second-order valence-corrected chi connectivity index (χ2v) is 4.01. The molecule has 1 aromatic rings. The minimum Gasteiger partial charge on any atom is -0.467 e. The number of aromatic nitrogens is 3. The topological polar surface area (TPSA) is 63.2 Å². The van der Waals surface area contributed by atoms with Gasteiger partial charge in [0.1, 0.15) is 6.54 Å². The van der Waals surface area contributed by atoms with Crippen LogP contribution in [0, 0.1) is 0 Å². The SMILES string of the molecule is CCCN(CC(F)(F)F)c1nc(NCC)nc(OC)n1. The lowest BCUT2D eigenvalue weighted by Gasteiger charge is -2.23. The van der Waals surface area contributed by atoms with Gasteiger partial charge in [0, 0.05) is 13.1 Å². The van der Waals surface area contributed by atoms with Crippen LogP contribution in [0.3, 0.4) is 0 Å². The van der Waals surface area contributed by atoms with Gasteiger partial charge in [0.15, 0.2) is 0 Å². The molecule has 0 amide bonds. The van der Waals surface area contributed by atoms with Gasteiger partial charge in [0.05, 0.1) is 7.11 Å². The van der Waals surface area contributed by atoms with Crippen molar-refractivity contribution in [1.29, 1.82) is 0 Å². The summed E-state index contributed by atoms with van der Waals surface area (Å²) >= 11 is 0. The summed E-state index contributed by atoms with van der Waals surface area (Å²) in [5.41, 5.74) is 0. The second-order valence-electron chi connectivity index (χ2n) is 4.01. The Hall–Kier alpha value is -1.80. The second kappa shape index (κ2) is 7.11. The molecule has 0 saturated carbocycles. The van der Waals surface area contributed by atoms with Crippen molar-refractivity contribution >= 4 is 11.9 Å². The first kappa shape index (κ1) is 16.3. The highest BCUT2D eigenvalue weighted by molar-refractivity contribution is 5.38. The molecular formula is C11H18F3N5O. The van der Waals surface area contributed by atoms with Crippen LogP contribution in [0.2, 0.25) is 0 Å². The highest BCUT2D eigenvalue weighted by Crippen LogP contribution is 2.21. The van der Waals surface area contributed by atoms with Crippen LogP contribution in [0.1, 0.15) is 20.3 Å². The van der Waals surface area contributed by atoms with Gasteiger partial charge in [-0.3, -0.25) is 0 Å². The van der Waals surface area contributed by atoms with Crippen LogP contribution in [0.25, 0.3) is 0 Å². The molecular weight excluding hydrogens is 275 g/mol. The summed E-state index contributed by atoms with van der Waals surface area (Å²) in [5.74, 6) is 0.143. The summed E-state index contributed by atoms with van der Waals surface area (Å²) in [6.45, 7) is 3.24. The molecule has 0 saturated heterocycles. The van der Waals surface area contributed by atoms with Crippen molar-refractivity contribution in [3.05, 3.63) is 0 Å². The molecule has 114 valence electrons. The maximum Gasteiger partial charge on any atom is 0.406 e. The van der Waals surface area contributed by atoms with Gasteiger partial charge in [-0.05, 0) is 13.3 Å². The molecule has 0 fully saturated rings. The maximum absolute atomic E-state index is 12.6. The monoisotopic (exact) mass is 293 g/mol. The van der Waals surface area contributed by atoms with Gasteiger partial charge in [-0.15, -0.1) is 0 Å². The van der Waals surface area contributed by atoms with Crippen molar-refractivity contribution in [2.45, 2.75) is 26.4 Å². The molecule has 9 heteroatoms. The molecule has 0 spiro atoms. The fraction of sp³-hybridized carbons (Fsp3) is 0.727. The number of halogens is 3. The number of hydrogen-bond acceptors (Lipinski definition) is 6. The minimum absolute atomic E-state index is 0.0192. The Bertz CT molecular complexity index is 427. The van der Waals surface area contributed by atoms with Crippen LogP contribution in [0.4, 0.5) is 25.1 Å². The van der Waals surface area contributed by atoms with Crippen molar-refractivity contribution in [3.63, 3.8) is 0 Å². The zero-order valence-corrected chi connectivity index (χ0v) is 11.7. The lowest BCUT2D eigenvalue weighted by atomic mass is 10.4. The minimum atomic E-state index is -4.33. The van der Waals surface area contributed by atoms with E-state index < -0.39 is 12.7 Å². The van der Waals surface area contributed by atoms with Crippen LogP contribution in [-0.4, -0.2) is 47.9 Å². The summed E-state index contributed by atoms with van der Waals surface area (Å²) in [6.07, 6.45) is -3.78. The normalized spacial score (nSPS) is 11.3. The van der Waals surface area contributed by atoms with Crippen molar-refractivity contribution in [3.8, 4) is 6.01 Å². The fourth-order valence-corrected chi connectivity index (χ4v) is 1.55. The van der Waals surface area contributed by atoms with Crippen LogP contribution >= 0.6 is 0 Å². The predicted molar refractivity (Wildman–Crippen MR) is 69.1 cm³/mol. The standard InChI is InChI=1S/C11H18F3N5O/c1-4-6-19(7-11(12,13)14)9-16-8(15-5-2)17-10(18-9)20-3/h4-7H2,1-3H3,(H,15,16,17,18). The summed E-state index contributed by atoms with van der Waals surface area (Å²) in [6, 6.07) is -0.0192. The molecule has 20 heavy (non-hydrogen) atoms. The third-order valence-corrected chi connectivity index (χ3v) is 2.27. The first-order valence-electron chi connectivity index (χ1n) is 6.25. The van der Waals surface area contributed by atoms with E-state index in [1.807, 2.05) is 6.92 Å². The zero-order valence-electron chi connectivity index (χ0n) is 11.7. The number of methoxy groups -OCH3 is 1. The number of rotatable bonds is 7. The third kappa shape index (κ3) is 5.06. The van der Waals surface area contributed by atoms with E-state index in [1.165, 1.54) is 7.11 Å². The van der Waals surface area contributed by atoms with Gasteiger partial charge >= 0.3 is 12.2 Å². The molecule has 0 aliphatic heterocycles. The van der Waals surface area contributed by atoms with Crippen LogP contribution in [-0.2, 0) is 0 Å². The molecule has 1 aromatic heterocycles. The first-order valence-corrected chi connectivity index (χ1v) is 6.25. The molecule has 6 nitrogen and oxygen atoms in total. The van der Waals surface area contributed by atoms with Crippen LogP contribution in [0.15, 0.2) is 0 Å². The highest BCUT2D eigenvalue weighted by atomic mass is 19.4. The molecule has 0 bridgehead atoms. The summed E-state index contributed by atoms with van der Waals surface area (Å²) in [7, 11) is 1.35. The van der Waals surface area contributed by atoms with Crippen LogP contribution < -0.4 is 15.0 Å².